The van der Waals surface area contributed by atoms with Crippen molar-refractivity contribution in [2.45, 2.75) is 53.9 Å². The van der Waals surface area contributed by atoms with Crippen LogP contribution in [0.2, 0.25) is 0 Å². The van der Waals surface area contributed by atoms with Crippen LogP contribution in [0, 0.1) is 19.3 Å². The Balaban J connectivity index is 2.43. The van der Waals surface area contributed by atoms with Gasteiger partial charge in [-0.25, -0.2) is 0 Å². The largest absolute Gasteiger partial charge is 0.493 e. The summed E-state index contributed by atoms with van der Waals surface area (Å²) in [4.78, 5) is 11.8. The third-order valence-electron chi connectivity index (χ3n) is 3.62. The van der Waals surface area contributed by atoms with Crippen molar-refractivity contribution in [3.05, 3.63) is 29.3 Å². The maximum absolute atomic E-state index is 11.8. The maximum atomic E-state index is 11.8. The molecule has 0 atom stereocenters. The second-order valence-electron chi connectivity index (χ2n) is 5.88. The van der Waals surface area contributed by atoms with Crippen molar-refractivity contribution >= 4 is 5.78 Å². The van der Waals surface area contributed by atoms with Gasteiger partial charge in [0.05, 0.1) is 6.61 Å². The van der Waals surface area contributed by atoms with Crippen LogP contribution in [-0.2, 0) is 4.79 Å². The fourth-order valence-electron chi connectivity index (χ4n) is 2.18. The quantitative estimate of drug-likeness (QED) is 0.678. The summed E-state index contributed by atoms with van der Waals surface area (Å²) in [6, 6.07) is 6.23. The molecule has 0 N–H and O–H groups in total. The molecule has 0 bridgehead atoms. The molecule has 2 heteroatoms. The van der Waals surface area contributed by atoms with Crippen molar-refractivity contribution in [3.8, 4) is 5.75 Å². The van der Waals surface area contributed by atoms with Gasteiger partial charge >= 0.3 is 0 Å². The third-order valence-corrected chi connectivity index (χ3v) is 3.62. The molecule has 0 amide bonds. The highest BCUT2D eigenvalue weighted by Crippen LogP contribution is 2.25. The number of ketones is 1. The van der Waals surface area contributed by atoms with Gasteiger partial charge in [0, 0.05) is 11.8 Å². The summed E-state index contributed by atoms with van der Waals surface area (Å²) < 4.78 is 5.82. The number of hydrogen-bond donors (Lipinski definition) is 0. The van der Waals surface area contributed by atoms with E-state index in [-0.39, 0.29) is 5.41 Å². The molecule has 2 nitrogen and oxygen atoms in total. The van der Waals surface area contributed by atoms with E-state index in [4.69, 9.17) is 4.74 Å². The number of aryl methyl sites for hydroxylation is 2. The first-order valence-corrected chi connectivity index (χ1v) is 7.10. The van der Waals surface area contributed by atoms with Crippen LogP contribution >= 0.6 is 0 Å². The van der Waals surface area contributed by atoms with E-state index in [0.29, 0.717) is 18.8 Å². The van der Waals surface area contributed by atoms with Gasteiger partial charge < -0.3 is 4.74 Å². The summed E-state index contributed by atoms with van der Waals surface area (Å²) in [7, 11) is 0. The molecule has 0 saturated carbocycles. The number of carbonyl (C=O) groups excluding carboxylic acids is 1. The van der Waals surface area contributed by atoms with Gasteiger partial charge in [0.25, 0.3) is 0 Å². The van der Waals surface area contributed by atoms with Gasteiger partial charge in [0.2, 0.25) is 0 Å². The molecule has 0 unspecified atom stereocenters. The van der Waals surface area contributed by atoms with E-state index in [1.54, 1.807) is 0 Å². The average Bonchev–Trinajstić information content (AvgIpc) is 2.37. The Bertz CT molecular complexity index is 433. The molecular formula is C17H26O2. The van der Waals surface area contributed by atoms with Crippen LogP contribution in [0.15, 0.2) is 18.2 Å². The van der Waals surface area contributed by atoms with Crippen molar-refractivity contribution in [2.24, 2.45) is 5.41 Å². The predicted octanol–water partition coefficient (Wildman–Crippen LogP) is 4.47. The topological polar surface area (TPSA) is 26.3 Å². The molecule has 0 aliphatic heterocycles. The molecule has 0 aliphatic carbocycles. The lowest BCUT2D eigenvalue weighted by Gasteiger charge is -2.22. The van der Waals surface area contributed by atoms with E-state index in [9.17, 15) is 4.79 Å². The Labute approximate surface area is 117 Å². The smallest absolute Gasteiger partial charge is 0.138 e. The summed E-state index contributed by atoms with van der Waals surface area (Å²) >= 11 is 0. The van der Waals surface area contributed by atoms with Gasteiger partial charge in [-0.3, -0.25) is 4.79 Å². The molecule has 0 saturated heterocycles. The lowest BCUT2D eigenvalue weighted by atomic mass is 9.82. The van der Waals surface area contributed by atoms with Gasteiger partial charge in [0.1, 0.15) is 11.5 Å². The van der Waals surface area contributed by atoms with Crippen LogP contribution < -0.4 is 4.74 Å². The zero-order valence-electron chi connectivity index (χ0n) is 12.9. The molecule has 0 aliphatic rings. The monoisotopic (exact) mass is 262 g/mol. The van der Waals surface area contributed by atoms with Crippen LogP contribution in [0.4, 0.5) is 0 Å². The summed E-state index contributed by atoms with van der Waals surface area (Å²) in [5.74, 6) is 1.29. The Morgan fingerprint density at radius 2 is 1.95 bits per heavy atom. The van der Waals surface area contributed by atoms with Gasteiger partial charge in [-0.15, -0.1) is 0 Å². The first-order chi connectivity index (χ1) is 8.86. The van der Waals surface area contributed by atoms with E-state index in [2.05, 4.69) is 32.0 Å². The fourth-order valence-corrected chi connectivity index (χ4v) is 2.18. The van der Waals surface area contributed by atoms with E-state index >= 15 is 0 Å². The normalized spacial score (nSPS) is 11.4. The molecule has 1 aromatic carbocycles. The van der Waals surface area contributed by atoms with Crippen LogP contribution in [0.5, 0.6) is 5.75 Å². The van der Waals surface area contributed by atoms with Crippen LogP contribution in [0.3, 0.4) is 0 Å². The molecule has 0 spiro atoms. The lowest BCUT2D eigenvalue weighted by Crippen LogP contribution is -2.24. The van der Waals surface area contributed by atoms with Gasteiger partial charge in [-0.05, 0) is 43.9 Å². The zero-order valence-corrected chi connectivity index (χ0v) is 12.9. The Morgan fingerprint density at radius 1 is 1.26 bits per heavy atom. The summed E-state index contributed by atoms with van der Waals surface area (Å²) in [6.07, 6.45) is 2.40. The Hall–Kier alpha value is -1.31. The van der Waals surface area contributed by atoms with Crippen molar-refractivity contribution < 1.29 is 9.53 Å². The van der Waals surface area contributed by atoms with Crippen LogP contribution in [0.1, 0.15) is 51.2 Å². The van der Waals surface area contributed by atoms with E-state index in [0.717, 1.165) is 24.2 Å². The predicted molar refractivity (Wildman–Crippen MR) is 79.7 cm³/mol. The Morgan fingerprint density at radius 3 is 2.58 bits per heavy atom. The van der Waals surface area contributed by atoms with Gasteiger partial charge in [-0.1, -0.05) is 32.9 Å². The molecule has 1 rings (SSSR count). The number of benzene rings is 1. The molecule has 106 valence electrons. The number of rotatable bonds is 7. The molecule has 0 fully saturated rings. The van der Waals surface area contributed by atoms with Crippen molar-refractivity contribution in [3.63, 3.8) is 0 Å². The van der Waals surface area contributed by atoms with E-state index in [1.807, 2.05) is 20.8 Å². The highest BCUT2D eigenvalue weighted by atomic mass is 16.5. The number of hydrogen-bond acceptors (Lipinski definition) is 2. The van der Waals surface area contributed by atoms with Gasteiger partial charge in [0.15, 0.2) is 0 Å². The molecule has 19 heavy (non-hydrogen) atoms. The summed E-state index contributed by atoms with van der Waals surface area (Å²) in [6.45, 7) is 10.8. The highest BCUT2D eigenvalue weighted by molar-refractivity contribution is 5.83. The number of Topliss-reactive ketones (excluding diaryl/α,β-unsaturated/α-hetero) is 1. The van der Waals surface area contributed by atoms with Crippen molar-refractivity contribution in [2.75, 3.05) is 6.61 Å². The maximum Gasteiger partial charge on any atom is 0.138 e. The zero-order chi connectivity index (χ0) is 14.5. The highest BCUT2D eigenvalue weighted by Gasteiger charge is 2.24. The van der Waals surface area contributed by atoms with Crippen molar-refractivity contribution in [1.82, 2.24) is 0 Å². The minimum absolute atomic E-state index is 0.222. The fraction of sp³-hybridized carbons (Fsp3) is 0.588. The minimum atomic E-state index is -0.222. The van der Waals surface area contributed by atoms with Gasteiger partial charge in [-0.2, -0.15) is 0 Å². The molecule has 0 aromatic heterocycles. The standard InChI is InChI=1S/C17H26O2/c1-6-16(18)17(4,5)10-7-11-19-15-12-13(2)8-9-14(15)3/h8-9,12H,6-7,10-11H2,1-5H3. The third kappa shape index (κ3) is 4.70. The number of ether oxygens (including phenoxy) is 1. The average molecular weight is 262 g/mol. The number of carbonyl (C=O) groups is 1. The lowest BCUT2D eigenvalue weighted by molar-refractivity contribution is -0.127. The molecule has 1 aromatic rings. The molecule has 0 heterocycles. The first kappa shape index (κ1) is 15.7. The molecule has 0 radical (unpaired) electrons. The van der Waals surface area contributed by atoms with E-state index < -0.39 is 0 Å². The first-order valence-electron chi connectivity index (χ1n) is 7.10. The second kappa shape index (κ2) is 6.74. The summed E-state index contributed by atoms with van der Waals surface area (Å²) in [5, 5.41) is 0. The molecular weight excluding hydrogens is 236 g/mol. The van der Waals surface area contributed by atoms with Crippen LogP contribution in [-0.4, -0.2) is 12.4 Å². The second-order valence-corrected chi connectivity index (χ2v) is 5.88. The van der Waals surface area contributed by atoms with Crippen molar-refractivity contribution in [1.29, 1.82) is 0 Å². The minimum Gasteiger partial charge on any atom is -0.493 e. The van der Waals surface area contributed by atoms with Crippen LogP contribution in [0.25, 0.3) is 0 Å². The SMILES string of the molecule is CCC(=O)C(C)(C)CCCOc1cc(C)ccc1C. The summed E-state index contributed by atoms with van der Waals surface area (Å²) in [5.41, 5.74) is 2.15. The Kier molecular flexibility index (Phi) is 5.59. The van der Waals surface area contributed by atoms with E-state index in [1.165, 1.54) is 5.56 Å².